The van der Waals surface area contributed by atoms with Gasteiger partial charge in [0.1, 0.15) is 0 Å². The molecule has 4 N–H and O–H groups in total. The van der Waals surface area contributed by atoms with Crippen LogP contribution in [0.2, 0.25) is 0 Å². The summed E-state index contributed by atoms with van der Waals surface area (Å²) >= 11 is 0. The monoisotopic (exact) mass is 330 g/mol. The van der Waals surface area contributed by atoms with Crippen molar-refractivity contribution < 1.29 is 47.9 Å². The Morgan fingerprint density at radius 3 is 1.14 bits per heavy atom. The molecule has 0 unspecified atom stereocenters. The van der Waals surface area contributed by atoms with Gasteiger partial charge in [0.05, 0.1) is 0 Å². The molecule has 2 aromatic rings. The Morgan fingerprint density at radius 1 is 0.619 bits per heavy atom. The van der Waals surface area contributed by atoms with Gasteiger partial charge < -0.3 is 10.4 Å². The number of para-hydroxylation sites is 2. The van der Waals surface area contributed by atoms with Gasteiger partial charge >= 0.3 is 0 Å². The number of rotatable bonds is 2. The van der Waals surface area contributed by atoms with Crippen molar-refractivity contribution in [3.8, 4) is 0 Å². The Kier molecular flexibility index (Phi) is 8.92. The van der Waals surface area contributed by atoms with E-state index in [0.29, 0.717) is 21.1 Å². The van der Waals surface area contributed by atoms with E-state index in [1.54, 1.807) is 60.7 Å². The summed E-state index contributed by atoms with van der Waals surface area (Å²) in [6, 6.07) is 16.9. The summed E-state index contributed by atoms with van der Waals surface area (Å²) < 4.78 is 0. The van der Waals surface area contributed by atoms with Gasteiger partial charge in [-0.1, -0.05) is 36.4 Å². The minimum absolute atomic E-state index is 0. The van der Waals surface area contributed by atoms with Crippen molar-refractivity contribution in [2.45, 2.75) is 0 Å². The fraction of sp³-hybridized carbons (Fsp3) is 0. The van der Waals surface area contributed by atoms with E-state index in [1.807, 2.05) is 0 Å². The molecule has 9 heteroatoms. The van der Waals surface area contributed by atoms with Crippen molar-refractivity contribution in [2.75, 3.05) is 0 Å². The Hall–Kier alpha value is -2.63. The molecule has 2 aromatic carbocycles. The molecule has 0 amide bonds. The van der Waals surface area contributed by atoms with Gasteiger partial charge in [-0.15, -0.1) is 0 Å². The molecule has 0 spiro atoms. The van der Waals surface area contributed by atoms with E-state index in [9.17, 15) is 0 Å². The normalized spacial score (nSPS) is 10.9. The first-order valence-electron chi connectivity index (χ1n) is 5.47. The summed E-state index contributed by atoms with van der Waals surface area (Å²) in [5, 5.41) is 38.8. The first-order valence-corrected chi connectivity index (χ1v) is 5.47. The molecule has 0 bridgehead atoms. The quantitative estimate of drug-likeness (QED) is 0.385. The predicted octanol–water partition coefficient (Wildman–Crippen LogP) is 3.12. The molecule has 0 aromatic heterocycles. The van der Waals surface area contributed by atoms with Gasteiger partial charge in [-0.25, -0.2) is 0 Å². The molecular formula is C12H14CrN4O4+2. The van der Waals surface area contributed by atoms with Crippen molar-refractivity contribution in [1.29, 1.82) is 0 Å². The average Bonchev–Trinajstić information content (AvgIpc) is 2.55. The SMILES string of the molecule is O/N=[N+](\O)c1ccccc1.O/N=[N+](\O)c1ccccc1.[Cr]. The van der Waals surface area contributed by atoms with E-state index in [0.717, 1.165) is 0 Å². The molecule has 8 nitrogen and oxygen atoms in total. The third kappa shape index (κ3) is 6.38. The molecule has 0 aliphatic rings. The molecule has 2 rings (SSSR count). The Bertz CT molecular complexity index is 525. The Labute approximate surface area is 131 Å². The zero-order valence-electron chi connectivity index (χ0n) is 10.8. The standard InChI is InChI=1S/2C6H6N2O2.Cr/c2*9-7-8(10)6-4-2-1-3-5-6;/h2*1-5,10H;/p+2. The number of benzene rings is 2. The van der Waals surface area contributed by atoms with E-state index in [4.69, 9.17) is 20.8 Å². The van der Waals surface area contributed by atoms with Gasteiger partial charge in [-0.2, -0.15) is 0 Å². The van der Waals surface area contributed by atoms with Crippen molar-refractivity contribution in [3.05, 3.63) is 60.7 Å². The minimum Gasteiger partial charge on any atom is -0.359 e. The fourth-order valence-electron chi connectivity index (χ4n) is 1.23. The van der Waals surface area contributed by atoms with Crippen molar-refractivity contribution in [2.24, 2.45) is 10.6 Å². The van der Waals surface area contributed by atoms with Gasteiger partial charge in [-0.3, -0.25) is 10.4 Å². The Morgan fingerprint density at radius 2 is 0.905 bits per heavy atom. The van der Waals surface area contributed by atoms with E-state index in [-0.39, 0.29) is 17.4 Å². The van der Waals surface area contributed by atoms with Crippen molar-refractivity contribution in [3.63, 3.8) is 0 Å². The van der Waals surface area contributed by atoms with Crippen LogP contribution in [0.3, 0.4) is 0 Å². The topological polar surface area (TPSA) is 112 Å². The molecular weight excluding hydrogens is 316 g/mol. The van der Waals surface area contributed by atoms with Gasteiger partial charge in [0, 0.05) is 41.6 Å². The van der Waals surface area contributed by atoms with Gasteiger partial charge in [0.15, 0.2) is 9.72 Å². The van der Waals surface area contributed by atoms with E-state index in [1.165, 1.54) is 0 Å². The summed E-state index contributed by atoms with van der Waals surface area (Å²) in [4.78, 5) is 0.778. The second-order valence-electron chi connectivity index (χ2n) is 3.43. The van der Waals surface area contributed by atoms with Crippen LogP contribution in [0.4, 0.5) is 11.4 Å². The summed E-state index contributed by atoms with van der Waals surface area (Å²) in [5.41, 5.74) is 0.843. The predicted molar refractivity (Wildman–Crippen MR) is 64.7 cm³/mol. The van der Waals surface area contributed by atoms with Crippen LogP contribution in [0.15, 0.2) is 71.2 Å². The first kappa shape index (κ1) is 18.4. The van der Waals surface area contributed by atoms with Gasteiger partial charge in [0.25, 0.3) is 11.4 Å². The van der Waals surface area contributed by atoms with E-state index in [2.05, 4.69) is 10.6 Å². The molecule has 0 aliphatic carbocycles. The van der Waals surface area contributed by atoms with E-state index >= 15 is 0 Å². The third-order valence-electron chi connectivity index (χ3n) is 2.14. The smallest absolute Gasteiger partial charge is 0.292 e. The van der Waals surface area contributed by atoms with Crippen LogP contribution >= 0.6 is 0 Å². The minimum atomic E-state index is 0. The van der Waals surface area contributed by atoms with Crippen LogP contribution in [0.25, 0.3) is 0 Å². The number of nitrogens with zero attached hydrogens (tertiary/aromatic N) is 4. The molecule has 0 fully saturated rings. The molecule has 0 saturated carbocycles. The molecule has 0 aliphatic heterocycles. The molecule has 0 saturated heterocycles. The second-order valence-corrected chi connectivity index (χ2v) is 3.43. The number of hydrogen-bond donors (Lipinski definition) is 4. The third-order valence-corrected chi connectivity index (χ3v) is 2.14. The summed E-state index contributed by atoms with van der Waals surface area (Å²) in [6.45, 7) is 0. The second kappa shape index (κ2) is 10.2. The summed E-state index contributed by atoms with van der Waals surface area (Å²) in [7, 11) is 0. The number of hydrogen-bond acceptors (Lipinski definition) is 2. The van der Waals surface area contributed by atoms with E-state index < -0.39 is 0 Å². The Balaban J connectivity index is 0.000000364. The maximum absolute atomic E-state index is 8.75. The van der Waals surface area contributed by atoms with Crippen molar-refractivity contribution in [1.82, 2.24) is 0 Å². The summed E-state index contributed by atoms with van der Waals surface area (Å²) in [6.07, 6.45) is 0. The fourth-order valence-corrected chi connectivity index (χ4v) is 1.23. The van der Waals surface area contributed by atoms with Crippen LogP contribution in [-0.4, -0.2) is 30.6 Å². The molecule has 0 heterocycles. The van der Waals surface area contributed by atoms with Crippen molar-refractivity contribution >= 4 is 11.4 Å². The summed E-state index contributed by atoms with van der Waals surface area (Å²) in [5.74, 6) is 0. The largest absolute Gasteiger partial charge is 0.359 e. The molecule has 0 radical (unpaired) electrons. The van der Waals surface area contributed by atoms with Crippen LogP contribution in [-0.2, 0) is 17.4 Å². The zero-order valence-corrected chi connectivity index (χ0v) is 12.0. The van der Waals surface area contributed by atoms with Gasteiger partial charge in [-0.05, 0) is 0 Å². The van der Waals surface area contributed by atoms with Crippen LogP contribution in [0, 0.1) is 0 Å². The maximum atomic E-state index is 8.75. The average molecular weight is 330 g/mol. The zero-order chi connectivity index (χ0) is 14.8. The van der Waals surface area contributed by atoms with Gasteiger partial charge in [0.2, 0.25) is 10.6 Å². The maximum Gasteiger partial charge on any atom is 0.292 e. The van der Waals surface area contributed by atoms with Crippen LogP contribution in [0.5, 0.6) is 0 Å². The molecule has 0 atom stereocenters. The first-order chi connectivity index (χ1) is 9.69. The van der Waals surface area contributed by atoms with Crippen LogP contribution in [0.1, 0.15) is 0 Å². The van der Waals surface area contributed by atoms with Crippen LogP contribution < -0.4 is 0 Å². The molecule has 110 valence electrons. The molecule has 21 heavy (non-hydrogen) atoms.